The van der Waals surface area contributed by atoms with E-state index in [1.165, 1.54) is 0 Å². The number of hydrogen-bond donors (Lipinski definition) is 0. The number of carbonyl (C=O) groups is 1. The van der Waals surface area contributed by atoms with Crippen molar-refractivity contribution in [2.45, 2.75) is 25.7 Å². The van der Waals surface area contributed by atoms with E-state index in [1.807, 2.05) is 36.4 Å². The molecule has 1 aliphatic rings. The topological polar surface area (TPSA) is 40.9 Å². The molecule has 2 heteroatoms. The molecule has 0 heterocycles. The fourth-order valence-electron chi connectivity index (χ4n) is 2.86. The first-order valence-corrected chi connectivity index (χ1v) is 6.69. The van der Waals surface area contributed by atoms with E-state index in [0.717, 1.165) is 22.3 Å². The van der Waals surface area contributed by atoms with Crippen molar-refractivity contribution in [3.05, 3.63) is 59.2 Å². The number of carbonyl (C=O) groups excluding carboxylic acids is 1. The maximum absolute atomic E-state index is 12.0. The summed E-state index contributed by atoms with van der Waals surface area (Å²) in [4.78, 5) is 12.0. The fraction of sp³-hybridized carbons (Fsp3) is 0.222. The molecule has 0 aliphatic heterocycles. The van der Waals surface area contributed by atoms with Crippen LogP contribution in [0.1, 0.15) is 41.8 Å². The van der Waals surface area contributed by atoms with E-state index in [9.17, 15) is 4.79 Å². The van der Waals surface area contributed by atoms with Gasteiger partial charge in [-0.25, -0.2) is 0 Å². The zero-order valence-electron chi connectivity index (χ0n) is 11.6. The third-order valence-corrected chi connectivity index (χ3v) is 4.00. The zero-order valence-corrected chi connectivity index (χ0v) is 11.6. The SMILES string of the molecule is CC1(C)CC(=O)c2ccc(-c3ccc(C#N)cc3)cc21. The van der Waals surface area contributed by atoms with Gasteiger partial charge in [0.25, 0.3) is 0 Å². The molecule has 2 nitrogen and oxygen atoms in total. The maximum atomic E-state index is 12.0. The predicted molar refractivity (Wildman–Crippen MR) is 78.6 cm³/mol. The molecule has 2 aromatic carbocycles. The van der Waals surface area contributed by atoms with E-state index >= 15 is 0 Å². The van der Waals surface area contributed by atoms with Gasteiger partial charge >= 0.3 is 0 Å². The minimum absolute atomic E-state index is 0.0883. The number of nitrogens with zero attached hydrogens (tertiary/aromatic N) is 1. The number of hydrogen-bond acceptors (Lipinski definition) is 2. The molecule has 0 unspecified atom stereocenters. The van der Waals surface area contributed by atoms with Crippen molar-refractivity contribution in [2.75, 3.05) is 0 Å². The van der Waals surface area contributed by atoms with Gasteiger partial charge in [0.05, 0.1) is 11.6 Å². The summed E-state index contributed by atoms with van der Waals surface area (Å²) >= 11 is 0. The van der Waals surface area contributed by atoms with Gasteiger partial charge in [-0.15, -0.1) is 0 Å². The minimum atomic E-state index is -0.0883. The van der Waals surface area contributed by atoms with Gasteiger partial charge < -0.3 is 0 Å². The molecule has 0 radical (unpaired) electrons. The van der Waals surface area contributed by atoms with Gasteiger partial charge in [-0.05, 0) is 40.3 Å². The van der Waals surface area contributed by atoms with Crippen LogP contribution in [0.15, 0.2) is 42.5 Å². The Bertz CT molecular complexity index is 733. The van der Waals surface area contributed by atoms with Crippen LogP contribution in [0.3, 0.4) is 0 Å². The zero-order chi connectivity index (χ0) is 14.3. The number of ketones is 1. The molecule has 0 atom stereocenters. The molecule has 2 aromatic rings. The molecule has 3 rings (SSSR count). The molecule has 0 saturated carbocycles. The van der Waals surface area contributed by atoms with Crippen molar-refractivity contribution >= 4 is 5.78 Å². The quantitative estimate of drug-likeness (QED) is 0.775. The molecule has 0 saturated heterocycles. The second-order valence-electron chi connectivity index (χ2n) is 5.93. The van der Waals surface area contributed by atoms with Gasteiger partial charge in [0.15, 0.2) is 5.78 Å². The summed E-state index contributed by atoms with van der Waals surface area (Å²) in [6, 6.07) is 15.7. The van der Waals surface area contributed by atoms with E-state index in [0.29, 0.717) is 12.0 Å². The summed E-state index contributed by atoms with van der Waals surface area (Å²) in [6.07, 6.45) is 0.582. The number of fused-ring (bicyclic) bond motifs is 1. The number of nitriles is 1. The Morgan fingerprint density at radius 3 is 2.35 bits per heavy atom. The largest absolute Gasteiger partial charge is 0.294 e. The first-order chi connectivity index (χ1) is 9.51. The minimum Gasteiger partial charge on any atom is -0.294 e. The van der Waals surface area contributed by atoms with Gasteiger partial charge in [-0.3, -0.25) is 4.79 Å². The Kier molecular flexibility index (Phi) is 2.72. The van der Waals surface area contributed by atoms with Crippen LogP contribution >= 0.6 is 0 Å². The second kappa shape index (κ2) is 4.31. The lowest BCUT2D eigenvalue weighted by atomic mass is 9.85. The first kappa shape index (κ1) is 12.6. The molecule has 0 bridgehead atoms. The van der Waals surface area contributed by atoms with Gasteiger partial charge in [-0.1, -0.05) is 38.1 Å². The Morgan fingerprint density at radius 1 is 1.05 bits per heavy atom. The summed E-state index contributed by atoms with van der Waals surface area (Å²) in [7, 11) is 0. The third kappa shape index (κ3) is 1.92. The lowest BCUT2D eigenvalue weighted by Crippen LogP contribution is -2.12. The van der Waals surface area contributed by atoms with Crippen LogP contribution in [0.4, 0.5) is 0 Å². The average molecular weight is 261 g/mol. The lowest BCUT2D eigenvalue weighted by molar-refractivity contribution is 0.0979. The Hall–Kier alpha value is -2.40. The summed E-state index contributed by atoms with van der Waals surface area (Å²) in [5.41, 5.74) is 4.72. The van der Waals surface area contributed by atoms with Gasteiger partial charge in [0, 0.05) is 12.0 Å². The van der Waals surface area contributed by atoms with E-state index in [1.54, 1.807) is 0 Å². The second-order valence-corrected chi connectivity index (χ2v) is 5.93. The van der Waals surface area contributed by atoms with Crippen molar-refractivity contribution in [2.24, 2.45) is 0 Å². The van der Waals surface area contributed by atoms with Crippen molar-refractivity contribution < 1.29 is 4.79 Å². The fourth-order valence-corrected chi connectivity index (χ4v) is 2.86. The maximum Gasteiger partial charge on any atom is 0.164 e. The Balaban J connectivity index is 2.09. The van der Waals surface area contributed by atoms with Gasteiger partial charge in [0.1, 0.15) is 0 Å². The highest BCUT2D eigenvalue weighted by Crippen LogP contribution is 2.40. The van der Waals surface area contributed by atoms with Gasteiger partial charge in [-0.2, -0.15) is 5.26 Å². The summed E-state index contributed by atoms with van der Waals surface area (Å²) in [5.74, 6) is 0.233. The highest BCUT2D eigenvalue weighted by molar-refractivity contribution is 6.02. The van der Waals surface area contributed by atoms with Crippen LogP contribution in [0.25, 0.3) is 11.1 Å². The van der Waals surface area contributed by atoms with Crippen LogP contribution < -0.4 is 0 Å². The molecule has 0 amide bonds. The van der Waals surface area contributed by atoms with E-state index in [2.05, 4.69) is 26.0 Å². The van der Waals surface area contributed by atoms with Crippen molar-refractivity contribution in [3.63, 3.8) is 0 Å². The average Bonchev–Trinajstić information content (AvgIpc) is 2.68. The molecular weight excluding hydrogens is 246 g/mol. The molecule has 20 heavy (non-hydrogen) atoms. The van der Waals surface area contributed by atoms with Crippen molar-refractivity contribution in [3.8, 4) is 17.2 Å². The third-order valence-electron chi connectivity index (χ3n) is 4.00. The highest BCUT2D eigenvalue weighted by Gasteiger charge is 2.35. The number of rotatable bonds is 1. The first-order valence-electron chi connectivity index (χ1n) is 6.69. The lowest BCUT2D eigenvalue weighted by Gasteiger charge is -2.18. The van der Waals surface area contributed by atoms with Crippen molar-refractivity contribution in [1.82, 2.24) is 0 Å². The molecular formula is C18H15NO. The molecule has 98 valence electrons. The number of Topliss-reactive ketones (excluding diaryl/α,β-unsaturated/α-hetero) is 1. The Morgan fingerprint density at radius 2 is 1.70 bits per heavy atom. The summed E-state index contributed by atoms with van der Waals surface area (Å²) in [5, 5.41) is 8.84. The predicted octanol–water partition coefficient (Wildman–Crippen LogP) is 4.09. The standard InChI is InChI=1S/C18H15NO/c1-18(2)10-17(20)15-8-7-14(9-16(15)18)13-5-3-12(11-19)4-6-13/h3-9H,10H2,1-2H3. The van der Waals surface area contributed by atoms with E-state index < -0.39 is 0 Å². The molecule has 0 aromatic heterocycles. The van der Waals surface area contributed by atoms with Crippen LogP contribution in [0.5, 0.6) is 0 Å². The smallest absolute Gasteiger partial charge is 0.164 e. The molecule has 1 aliphatic carbocycles. The van der Waals surface area contributed by atoms with Crippen LogP contribution in [0, 0.1) is 11.3 Å². The number of benzene rings is 2. The van der Waals surface area contributed by atoms with Gasteiger partial charge in [0.2, 0.25) is 0 Å². The molecule has 0 fully saturated rings. The van der Waals surface area contributed by atoms with Crippen LogP contribution in [-0.2, 0) is 5.41 Å². The Labute approximate surface area is 118 Å². The molecule has 0 spiro atoms. The normalized spacial score (nSPS) is 15.8. The van der Waals surface area contributed by atoms with E-state index in [-0.39, 0.29) is 11.2 Å². The van der Waals surface area contributed by atoms with E-state index in [4.69, 9.17) is 5.26 Å². The monoisotopic (exact) mass is 261 g/mol. The van der Waals surface area contributed by atoms with Crippen molar-refractivity contribution in [1.29, 1.82) is 5.26 Å². The molecule has 0 N–H and O–H groups in total. The summed E-state index contributed by atoms with van der Waals surface area (Å²) in [6.45, 7) is 4.22. The van der Waals surface area contributed by atoms with Crippen LogP contribution in [0.2, 0.25) is 0 Å². The van der Waals surface area contributed by atoms with Crippen LogP contribution in [-0.4, -0.2) is 5.78 Å². The highest BCUT2D eigenvalue weighted by atomic mass is 16.1. The summed E-state index contributed by atoms with van der Waals surface area (Å²) < 4.78 is 0.